The average molecular weight is 213 g/mol. The van der Waals surface area contributed by atoms with Gasteiger partial charge in [-0.25, -0.2) is 0 Å². The van der Waals surface area contributed by atoms with Crippen LogP contribution in [0.3, 0.4) is 0 Å². The number of rotatable bonds is 5. The van der Waals surface area contributed by atoms with Crippen molar-refractivity contribution < 1.29 is 9.53 Å². The van der Waals surface area contributed by atoms with Crippen molar-refractivity contribution in [1.29, 1.82) is 0 Å². The van der Waals surface area contributed by atoms with Crippen LogP contribution in [0.1, 0.15) is 12.8 Å². The van der Waals surface area contributed by atoms with Gasteiger partial charge in [-0.2, -0.15) is 0 Å². The summed E-state index contributed by atoms with van der Waals surface area (Å²) in [5.74, 6) is 2.45. The van der Waals surface area contributed by atoms with Gasteiger partial charge in [0, 0.05) is 6.42 Å². The molecule has 1 N–H and O–H groups in total. The van der Waals surface area contributed by atoms with Crippen LogP contribution >= 0.6 is 0 Å². The predicted octanol–water partition coefficient (Wildman–Crippen LogP) is 1.37. The van der Waals surface area contributed by atoms with Crippen molar-refractivity contribution >= 4 is 14.2 Å². The number of ether oxygens (including phenoxy) is 1. The molecular formula is C10H19NO2Si. The van der Waals surface area contributed by atoms with Crippen LogP contribution in [-0.2, 0) is 9.53 Å². The van der Waals surface area contributed by atoms with Gasteiger partial charge in [-0.05, 0) is 6.42 Å². The highest BCUT2D eigenvalue weighted by molar-refractivity contribution is 6.73. The van der Waals surface area contributed by atoms with Gasteiger partial charge < -0.3 is 9.72 Å². The maximum atomic E-state index is 10.9. The number of hydrogen-bond donors (Lipinski definition) is 1. The summed E-state index contributed by atoms with van der Waals surface area (Å²) in [6.45, 7) is 6.53. The van der Waals surface area contributed by atoms with E-state index < -0.39 is 8.24 Å². The molecule has 80 valence electrons. The normalized spacial score (nSPS) is 13.1. The van der Waals surface area contributed by atoms with Crippen LogP contribution in [0.2, 0.25) is 19.6 Å². The highest BCUT2D eigenvalue weighted by atomic mass is 28.3. The Morgan fingerprint density at radius 3 is 2.50 bits per heavy atom. The second kappa shape index (κ2) is 5.84. The monoisotopic (exact) mass is 213 g/mol. The molecule has 0 fully saturated rings. The molecule has 0 rings (SSSR count). The predicted molar refractivity (Wildman–Crippen MR) is 60.4 cm³/mol. The molecule has 1 unspecified atom stereocenters. The Bertz CT molecular complexity index is 227. The molecule has 0 aromatic heterocycles. The fraction of sp³-hybridized carbons (Fsp3) is 0.700. The number of nitrogens with one attached hydrogen (secondary N) is 1. The summed E-state index contributed by atoms with van der Waals surface area (Å²) in [6.07, 6.45) is 6.39. The van der Waals surface area contributed by atoms with Crippen LogP contribution < -0.4 is 4.98 Å². The number of esters is 1. The standard InChI is InChI=1S/C10H19NO2Si/c1-6-9(11-14(3,4)5)7-8-10(12)13-2/h1,9,11H,7-8H2,2-5H3. The Balaban J connectivity index is 3.94. The Morgan fingerprint density at radius 1 is 1.57 bits per heavy atom. The lowest BCUT2D eigenvalue weighted by molar-refractivity contribution is -0.140. The van der Waals surface area contributed by atoms with Gasteiger partial charge in [-0.15, -0.1) is 6.42 Å². The van der Waals surface area contributed by atoms with Crippen molar-refractivity contribution in [3.05, 3.63) is 0 Å². The maximum Gasteiger partial charge on any atom is 0.305 e. The summed E-state index contributed by atoms with van der Waals surface area (Å²) >= 11 is 0. The second-order valence-corrected chi connectivity index (χ2v) is 9.02. The molecule has 0 spiro atoms. The largest absolute Gasteiger partial charge is 0.469 e. The lowest BCUT2D eigenvalue weighted by Crippen LogP contribution is -2.47. The van der Waals surface area contributed by atoms with E-state index in [0.29, 0.717) is 12.8 Å². The topological polar surface area (TPSA) is 38.3 Å². The zero-order chi connectivity index (χ0) is 11.2. The first-order valence-electron chi connectivity index (χ1n) is 4.69. The Morgan fingerprint density at radius 2 is 2.14 bits per heavy atom. The molecule has 0 saturated heterocycles. The zero-order valence-corrected chi connectivity index (χ0v) is 10.4. The van der Waals surface area contributed by atoms with Crippen molar-refractivity contribution in [3.8, 4) is 12.3 Å². The van der Waals surface area contributed by atoms with Crippen molar-refractivity contribution in [2.75, 3.05) is 7.11 Å². The van der Waals surface area contributed by atoms with Crippen molar-refractivity contribution in [2.45, 2.75) is 38.5 Å². The number of carbonyl (C=O) groups excluding carboxylic acids is 1. The SMILES string of the molecule is C#CC(CCC(=O)OC)N[Si](C)(C)C. The maximum absolute atomic E-state index is 10.9. The molecule has 0 heterocycles. The van der Waals surface area contributed by atoms with Gasteiger partial charge in [0.15, 0.2) is 0 Å². The molecule has 0 amide bonds. The first-order valence-corrected chi connectivity index (χ1v) is 8.19. The van der Waals surface area contributed by atoms with Crippen molar-refractivity contribution in [3.63, 3.8) is 0 Å². The van der Waals surface area contributed by atoms with Crippen molar-refractivity contribution in [2.24, 2.45) is 0 Å². The fourth-order valence-corrected chi connectivity index (χ4v) is 2.36. The van der Waals surface area contributed by atoms with Crippen LogP contribution in [0.15, 0.2) is 0 Å². The van der Waals surface area contributed by atoms with Gasteiger partial charge in [0.05, 0.1) is 13.2 Å². The molecule has 0 aromatic rings. The summed E-state index contributed by atoms with van der Waals surface area (Å²) in [4.78, 5) is 14.3. The molecule has 3 nitrogen and oxygen atoms in total. The van der Waals surface area contributed by atoms with Gasteiger partial charge in [0.25, 0.3) is 0 Å². The van der Waals surface area contributed by atoms with Gasteiger partial charge in [0.1, 0.15) is 8.24 Å². The molecule has 0 aliphatic rings. The quantitative estimate of drug-likeness (QED) is 0.426. The van der Waals surface area contributed by atoms with Crippen LogP contribution in [0.5, 0.6) is 0 Å². The highest BCUT2D eigenvalue weighted by Gasteiger charge is 2.18. The van der Waals surface area contributed by atoms with Gasteiger partial charge in [-0.1, -0.05) is 25.6 Å². The molecule has 0 aliphatic carbocycles. The third kappa shape index (κ3) is 6.69. The summed E-state index contributed by atoms with van der Waals surface area (Å²) in [5, 5.41) is 0. The minimum absolute atomic E-state index is 0.0132. The van der Waals surface area contributed by atoms with E-state index in [1.165, 1.54) is 7.11 Å². The summed E-state index contributed by atoms with van der Waals surface area (Å²) < 4.78 is 4.55. The second-order valence-electron chi connectivity index (χ2n) is 4.23. The van der Waals surface area contributed by atoms with Gasteiger partial charge in [0.2, 0.25) is 0 Å². The van der Waals surface area contributed by atoms with E-state index in [1.807, 2.05) is 0 Å². The molecule has 4 heteroatoms. The smallest absolute Gasteiger partial charge is 0.305 e. The van der Waals surface area contributed by atoms with E-state index in [0.717, 1.165) is 0 Å². The van der Waals surface area contributed by atoms with Crippen LogP contribution in [0.25, 0.3) is 0 Å². The van der Waals surface area contributed by atoms with E-state index in [9.17, 15) is 4.79 Å². The summed E-state index contributed by atoms with van der Waals surface area (Å²) in [6, 6.07) is -0.0132. The van der Waals surface area contributed by atoms with Gasteiger partial charge in [-0.3, -0.25) is 4.79 Å². The lowest BCUT2D eigenvalue weighted by atomic mass is 10.2. The van der Waals surface area contributed by atoms with Gasteiger partial charge >= 0.3 is 5.97 Å². The summed E-state index contributed by atoms with van der Waals surface area (Å²) in [7, 11) is 0.0200. The summed E-state index contributed by atoms with van der Waals surface area (Å²) in [5.41, 5.74) is 0. The molecule has 14 heavy (non-hydrogen) atoms. The minimum Gasteiger partial charge on any atom is -0.469 e. The zero-order valence-electron chi connectivity index (χ0n) is 9.39. The first-order chi connectivity index (χ1) is 6.39. The Hall–Kier alpha value is -0.793. The van der Waals surface area contributed by atoms with E-state index in [1.54, 1.807) is 0 Å². The molecule has 0 aromatic carbocycles. The average Bonchev–Trinajstić information content (AvgIpc) is 2.09. The van der Waals surface area contributed by atoms with E-state index in [4.69, 9.17) is 6.42 Å². The Labute approximate surface area is 87.3 Å². The third-order valence-electron chi connectivity index (χ3n) is 1.67. The molecule has 0 bridgehead atoms. The van der Waals surface area contributed by atoms with E-state index in [2.05, 4.69) is 35.3 Å². The van der Waals surface area contributed by atoms with Crippen LogP contribution in [0.4, 0.5) is 0 Å². The van der Waals surface area contributed by atoms with E-state index in [-0.39, 0.29) is 12.0 Å². The molecule has 1 atom stereocenters. The Kier molecular flexibility index (Phi) is 5.51. The molecule has 0 saturated carbocycles. The number of carbonyl (C=O) groups is 1. The highest BCUT2D eigenvalue weighted by Crippen LogP contribution is 2.03. The molecule has 0 radical (unpaired) electrons. The van der Waals surface area contributed by atoms with Crippen LogP contribution in [-0.4, -0.2) is 27.4 Å². The minimum atomic E-state index is -1.37. The molecule has 0 aliphatic heterocycles. The number of terminal acetylenes is 1. The van der Waals surface area contributed by atoms with Crippen LogP contribution in [0, 0.1) is 12.3 Å². The third-order valence-corrected chi connectivity index (χ3v) is 2.89. The molecular weight excluding hydrogens is 194 g/mol. The lowest BCUT2D eigenvalue weighted by Gasteiger charge is -2.23. The fourth-order valence-electron chi connectivity index (χ4n) is 1.08. The first kappa shape index (κ1) is 13.2. The number of methoxy groups -OCH3 is 1. The number of hydrogen-bond acceptors (Lipinski definition) is 3. The van der Waals surface area contributed by atoms with E-state index >= 15 is 0 Å². The van der Waals surface area contributed by atoms with Crippen molar-refractivity contribution in [1.82, 2.24) is 4.98 Å².